The molecule has 2 saturated carbocycles. The highest BCUT2D eigenvalue weighted by Gasteiger charge is 2.40. The van der Waals surface area contributed by atoms with Crippen molar-refractivity contribution in [2.75, 3.05) is 18.2 Å². The van der Waals surface area contributed by atoms with Crippen LogP contribution in [0.2, 0.25) is 5.02 Å². The summed E-state index contributed by atoms with van der Waals surface area (Å²) < 4.78 is 12.5. The largest absolute Gasteiger partial charge is 0.394 e. The molecule has 2 heterocycles. The highest BCUT2D eigenvalue weighted by atomic mass is 35.5. The zero-order chi connectivity index (χ0) is 21.6. The first-order chi connectivity index (χ1) is 15.0. The maximum Gasteiger partial charge on any atom is 0.143 e. The molecule has 4 atom stereocenters. The minimum Gasteiger partial charge on any atom is -0.394 e. The number of hydrogen-bond acceptors (Lipinski definition) is 6. The second-order valence-corrected chi connectivity index (χ2v) is 11.2. The molecular formula is C23H29ClN4O2S. The van der Waals surface area contributed by atoms with Gasteiger partial charge in [-0.05, 0) is 68.9 Å². The smallest absolute Gasteiger partial charge is 0.143 e. The van der Waals surface area contributed by atoms with E-state index >= 15 is 0 Å². The van der Waals surface area contributed by atoms with Gasteiger partial charge in [-0.2, -0.15) is 0 Å². The molecule has 2 fully saturated rings. The molecule has 0 saturated heterocycles. The lowest BCUT2D eigenvalue weighted by Gasteiger charge is -2.43. The maximum atomic E-state index is 12.5. The summed E-state index contributed by atoms with van der Waals surface area (Å²) in [5, 5.41) is 14.0. The highest BCUT2D eigenvalue weighted by molar-refractivity contribution is 7.84. The van der Waals surface area contributed by atoms with Gasteiger partial charge in [0.05, 0.1) is 32.9 Å². The lowest BCUT2D eigenvalue weighted by Crippen LogP contribution is -2.48. The van der Waals surface area contributed by atoms with E-state index in [-0.39, 0.29) is 12.1 Å². The number of aromatic nitrogens is 3. The number of aryl methyl sites for hydroxylation is 1. The molecule has 3 unspecified atom stereocenters. The van der Waals surface area contributed by atoms with Gasteiger partial charge in [0.25, 0.3) is 0 Å². The Morgan fingerprint density at radius 3 is 2.68 bits per heavy atom. The monoisotopic (exact) mass is 460 g/mol. The van der Waals surface area contributed by atoms with Crippen molar-refractivity contribution in [3.05, 3.63) is 40.6 Å². The fraction of sp³-hybridized carbons (Fsp3) is 0.609. The van der Waals surface area contributed by atoms with Crippen LogP contribution in [0.4, 0.5) is 5.82 Å². The number of anilines is 1. The molecule has 2 N–H and O–H groups in total. The summed E-state index contributed by atoms with van der Waals surface area (Å²) in [6, 6.07) is 2.11. The van der Waals surface area contributed by atoms with E-state index in [1.54, 1.807) is 18.6 Å². The third-order valence-corrected chi connectivity index (χ3v) is 8.66. The molecule has 3 aliphatic rings. The molecule has 8 heteroatoms. The summed E-state index contributed by atoms with van der Waals surface area (Å²) >= 11 is 5.96. The Labute approximate surface area is 190 Å². The quantitative estimate of drug-likeness (QED) is 0.695. The van der Waals surface area contributed by atoms with E-state index in [0.717, 1.165) is 67.8 Å². The minimum absolute atomic E-state index is 0.0797. The first-order valence-electron chi connectivity index (χ1n) is 11.2. The number of rotatable bonds is 5. The van der Waals surface area contributed by atoms with E-state index in [1.807, 2.05) is 0 Å². The van der Waals surface area contributed by atoms with Crippen LogP contribution >= 0.6 is 11.6 Å². The van der Waals surface area contributed by atoms with Gasteiger partial charge in [-0.3, -0.25) is 4.21 Å². The van der Waals surface area contributed by atoms with Gasteiger partial charge >= 0.3 is 0 Å². The summed E-state index contributed by atoms with van der Waals surface area (Å²) in [6.45, 7) is 0.0797. The number of nitrogens with zero attached hydrogens (tertiary/aromatic N) is 3. The summed E-state index contributed by atoms with van der Waals surface area (Å²) in [5.74, 6) is 2.94. The van der Waals surface area contributed by atoms with Crippen molar-refractivity contribution in [1.82, 2.24) is 15.0 Å². The van der Waals surface area contributed by atoms with Crippen LogP contribution in [0.15, 0.2) is 23.4 Å². The fourth-order valence-electron chi connectivity index (χ4n) is 5.61. The van der Waals surface area contributed by atoms with Crippen LogP contribution in [-0.2, 0) is 17.2 Å². The van der Waals surface area contributed by atoms with Gasteiger partial charge in [0.15, 0.2) is 0 Å². The number of pyridine rings is 1. The molecule has 0 aliphatic heterocycles. The van der Waals surface area contributed by atoms with Gasteiger partial charge in [-0.15, -0.1) is 0 Å². The fourth-order valence-corrected chi connectivity index (χ4v) is 6.38. The molecule has 0 spiro atoms. The average Bonchev–Trinajstić information content (AvgIpc) is 2.75. The summed E-state index contributed by atoms with van der Waals surface area (Å²) in [5.41, 5.74) is 2.09. The zero-order valence-electron chi connectivity index (χ0n) is 17.8. The first kappa shape index (κ1) is 21.3. The zero-order valence-corrected chi connectivity index (χ0v) is 19.4. The molecular weight excluding hydrogens is 432 g/mol. The Hall–Kier alpha value is -1.57. The molecule has 5 rings (SSSR count). The van der Waals surface area contributed by atoms with Crippen molar-refractivity contribution in [2.45, 2.75) is 73.6 Å². The Morgan fingerprint density at radius 2 is 2.03 bits per heavy atom. The van der Waals surface area contributed by atoms with Crippen LogP contribution in [0.5, 0.6) is 0 Å². The molecule has 0 bridgehead atoms. The van der Waals surface area contributed by atoms with Crippen LogP contribution in [0.3, 0.4) is 0 Å². The average molecular weight is 461 g/mol. The SMILES string of the molecule is C[S@](=O)c1cc2c(nc1NC1(CO)CCC1)C1CCC(c3ncc(Cl)cn3)CC1CC2. The Bertz CT molecular complexity index is 990. The second kappa shape index (κ2) is 8.41. The minimum atomic E-state index is -1.13. The lowest BCUT2D eigenvalue weighted by atomic mass is 9.66. The highest BCUT2D eigenvalue weighted by Crippen LogP contribution is 2.49. The summed E-state index contributed by atoms with van der Waals surface area (Å²) in [7, 11) is -1.13. The van der Waals surface area contributed by atoms with Crippen LogP contribution in [0, 0.1) is 5.92 Å². The van der Waals surface area contributed by atoms with Crippen LogP contribution in [0.1, 0.15) is 73.9 Å². The van der Waals surface area contributed by atoms with Crippen molar-refractivity contribution in [1.29, 1.82) is 0 Å². The Morgan fingerprint density at radius 1 is 1.26 bits per heavy atom. The van der Waals surface area contributed by atoms with Crippen molar-refractivity contribution >= 4 is 28.2 Å². The molecule has 0 amide bonds. The van der Waals surface area contributed by atoms with Gasteiger partial charge in [-0.1, -0.05) is 11.6 Å². The molecule has 2 aromatic heterocycles. The van der Waals surface area contributed by atoms with E-state index in [4.69, 9.17) is 16.6 Å². The third-order valence-electron chi connectivity index (χ3n) is 7.53. The third kappa shape index (κ3) is 4.00. The second-order valence-electron chi connectivity index (χ2n) is 9.43. The van der Waals surface area contributed by atoms with Gasteiger partial charge in [0, 0.05) is 36.2 Å². The van der Waals surface area contributed by atoms with Crippen molar-refractivity contribution in [2.24, 2.45) is 5.92 Å². The van der Waals surface area contributed by atoms with E-state index in [2.05, 4.69) is 21.4 Å². The maximum absolute atomic E-state index is 12.5. The predicted octanol–water partition coefficient (Wildman–Crippen LogP) is 4.20. The van der Waals surface area contributed by atoms with E-state index in [1.165, 1.54) is 5.56 Å². The summed E-state index contributed by atoms with van der Waals surface area (Å²) in [4.78, 5) is 14.8. The molecule has 166 valence electrons. The molecule has 0 aromatic carbocycles. The standard InChI is InChI=1S/C23H29ClN4O2S/c1-31(30)19-10-15-4-3-14-9-16(21-25-11-17(24)12-26-21)5-6-18(14)20(15)27-22(19)28-23(13-29)7-2-8-23/h10-12,14,16,18,29H,2-9,13H2,1H3,(H,27,28)/t14?,16?,18?,31-/m0/s1. The Kier molecular flexibility index (Phi) is 5.78. The van der Waals surface area contributed by atoms with E-state index in [0.29, 0.717) is 28.6 Å². The number of halogens is 1. The Balaban J connectivity index is 1.42. The predicted molar refractivity (Wildman–Crippen MR) is 122 cm³/mol. The van der Waals surface area contributed by atoms with Crippen LogP contribution < -0.4 is 5.32 Å². The number of aliphatic hydroxyl groups excluding tert-OH is 1. The van der Waals surface area contributed by atoms with Crippen LogP contribution in [0.25, 0.3) is 0 Å². The number of nitrogens with one attached hydrogen (secondary N) is 1. The molecule has 2 aromatic rings. The lowest BCUT2D eigenvalue weighted by molar-refractivity contribution is 0.143. The normalized spacial score (nSPS) is 27.5. The first-order valence-corrected chi connectivity index (χ1v) is 13.2. The molecule has 6 nitrogen and oxygen atoms in total. The van der Waals surface area contributed by atoms with Crippen molar-refractivity contribution in [3.8, 4) is 0 Å². The van der Waals surface area contributed by atoms with Gasteiger partial charge < -0.3 is 10.4 Å². The van der Waals surface area contributed by atoms with Gasteiger partial charge in [-0.25, -0.2) is 15.0 Å². The summed E-state index contributed by atoms with van der Waals surface area (Å²) in [6.07, 6.45) is 13.3. The molecule has 31 heavy (non-hydrogen) atoms. The topological polar surface area (TPSA) is 88.0 Å². The molecule has 0 radical (unpaired) electrons. The number of fused-ring (bicyclic) bond motifs is 3. The van der Waals surface area contributed by atoms with Gasteiger partial charge in [0.2, 0.25) is 0 Å². The van der Waals surface area contributed by atoms with Gasteiger partial charge in [0.1, 0.15) is 11.6 Å². The van der Waals surface area contributed by atoms with E-state index in [9.17, 15) is 9.32 Å². The number of aliphatic hydroxyl groups is 1. The molecule has 3 aliphatic carbocycles. The van der Waals surface area contributed by atoms with E-state index < -0.39 is 10.8 Å². The van der Waals surface area contributed by atoms with Crippen molar-refractivity contribution in [3.63, 3.8) is 0 Å². The number of hydrogen-bond donors (Lipinski definition) is 2. The van der Waals surface area contributed by atoms with Crippen molar-refractivity contribution < 1.29 is 9.32 Å². The van der Waals surface area contributed by atoms with Crippen LogP contribution in [-0.4, -0.2) is 42.7 Å².